The molecule has 4 rings (SSSR count). The van der Waals surface area contributed by atoms with Gasteiger partial charge in [0.1, 0.15) is 23.9 Å². The van der Waals surface area contributed by atoms with Crippen LogP contribution in [0.25, 0.3) is 0 Å². The summed E-state index contributed by atoms with van der Waals surface area (Å²) in [4.78, 5) is 63.3. The van der Waals surface area contributed by atoms with E-state index in [-0.39, 0.29) is 40.9 Å². The van der Waals surface area contributed by atoms with Gasteiger partial charge in [0.2, 0.25) is 17.5 Å². The lowest BCUT2D eigenvalue weighted by Gasteiger charge is -2.23. The van der Waals surface area contributed by atoms with E-state index >= 15 is 0 Å². The summed E-state index contributed by atoms with van der Waals surface area (Å²) in [5, 5.41) is 14.0. The molecule has 1 saturated carbocycles. The van der Waals surface area contributed by atoms with Crippen molar-refractivity contribution in [3.8, 4) is 5.75 Å². The minimum Gasteiger partial charge on any atom is -0.481 e. The number of anilines is 2. The Labute approximate surface area is 244 Å². The van der Waals surface area contributed by atoms with Crippen molar-refractivity contribution in [1.29, 1.82) is 0 Å². The van der Waals surface area contributed by atoms with Crippen molar-refractivity contribution in [2.75, 3.05) is 17.7 Å². The number of nitrogens with one attached hydrogen (secondary N) is 2. The SMILES string of the molecule is Nc1ccc(C(=O)Nc2cccn(C3(C(=O)NC(CC(=O)O)C(=O)COc4c(F)c(F)cc(F)c4F)CC3)c2=O)cc1Cl. The maximum atomic E-state index is 13.9. The van der Waals surface area contributed by atoms with Crippen LogP contribution in [0.1, 0.15) is 29.6 Å². The number of aliphatic carboxylic acids is 1. The Balaban J connectivity index is 1.52. The van der Waals surface area contributed by atoms with E-state index in [1.807, 2.05) is 0 Å². The molecule has 3 aromatic rings. The highest BCUT2D eigenvalue weighted by molar-refractivity contribution is 6.33. The number of benzene rings is 2. The van der Waals surface area contributed by atoms with Crippen LogP contribution in [0.4, 0.5) is 28.9 Å². The van der Waals surface area contributed by atoms with Gasteiger partial charge in [-0.05, 0) is 43.2 Å². The molecule has 43 heavy (non-hydrogen) atoms. The number of halogens is 5. The minimum atomic E-state index is -1.92. The van der Waals surface area contributed by atoms with Crippen molar-refractivity contribution in [1.82, 2.24) is 9.88 Å². The first kappa shape index (κ1) is 31.0. The van der Waals surface area contributed by atoms with Crippen LogP contribution in [0.3, 0.4) is 0 Å². The maximum absolute atomic E-state index is 13.9. The van der Waals surface area contributed by atoms with Gasteiger partial charge in [-0.3, -0.25) is 28.5 Å². The normalized spacial score (nSPS) is 14.0. The molecule has 2 amide bonds. The fourth-order valence-electron chi connectivity index (χ4n) is 4.12. The topological polar surface area (TPSA) is 170 Å². The van der Waals surface area contributed by atoms with Gasteiger partial charge >= 0.3 is 5.97 Å². The molecule has 1 unspecified atom stereocenters. The van der Waals surface area contributed by atoms with Gasteiger partial charge in [0.05, 0.1) is 17.1 Å². The predicted octanol–water partition coefficient (Wildman–Crippen LogP) is 2.99. The number of hydrogen-bond donors (Lipinski definition) is 4. The van der Waals surface area contributed by atoms with Gasteiger partial charge in [0, 0.05) is 17.8 Å². The van der Waals surface area contributed by atoms with Crippen LogP contribution in [-0.4, -0.2) is 45.9 Å². The Kier molecular flexibility index (Phi) is 8.75. The maximum Gasteiger partial charge on any atom is 0.305 e. The van der Waals surface area contributed by atoms with Crippen molar-refractivity contribution in [3.05, 3.63) is 86.8 Å². The molecule has 1 atom stereocenters. The Hall–Kier alpha value is -4.92. The lowest BCUT2D eigenvalue weighted by molar-refractivity contribution is -0.141. The van der Waals surface area contributed by atoms with Crippen LogP contribution in [0.15, 0.2) is 47.4 Å². The molecule has 0 radical (unpaired) electrons. The summed E-state index contributed by atoms with van der Waals surface area (Å²) in [6.07, 6.45) is 0.438. The van der Waals surface area contributed by atoms with Crippen LogP contribution < -0.4 is 26.7 Å². The Morgan fingerprint density at radius 3 is 2.30 bits per heavy atom. The number of carbonyl (C=O) groups is 4. The van der Waals surface area contributed by atoms with Crippen LogP contribution >= 0.6 is 11.6 Å². The van der Waals surface area contributed by atoms with Crippen molar-refractivity contribution in [3.63, 3.8) is 0 Å². The molecule has 1 aliphatic carbocycles. The summed E-state index contributed by atoms with van der Waals surface area (Å²) in [5.41, 5.74) is 3.39. The molecule has 1 fully saturated rings. The van der Waals surface area contributed by atoms with Gasteiger partial charge < -0.3 is 26.2 Å². The highest BCUT2D eigenvalue weighted by atomic mass is 35.5. The second-order valence-electron chi connectivity index (χ2n) is 9.50. The third-order valence-corrected chi connectivity index (χ3v) is 6.90. The fraction of sp³-hybridized carbons (Fsp3) is 0.222. The second-order valence-corrected chi connectivity index (χ2v) is 9.90. The number of ketones is 1. The highest BCUT2D eigenvalue weighted by Gasteiger charge is 2.53. The molecule has 16 heteroatoms. The lowest BCUT2D eigenvalue weighted by Crippen LogP contribution is -2.51. The number of carboxylic acids is 1. The Morgan fingerprint density at radius 2 is 1.72 bits per heavy atom. The largest absolute Gasteiger partial charge is 0.481 e. The van der Waals surface area contributed by atoms with E-state index in [0.29, 0.717) is 0 Å². The van der Waals surface area contributed by atoms with Crippen LogP contribution in [-0.2, 0) is 19.9 Å². The number of rotatable bonds is 11. The molecule has 11 nitrogen and oxygen atoms in total. The highest BCUT2D eigenvalue weighted by Crippen LogP contribution is 2.43. The van der Waals surface area contributed by atoms with E-state index in [9.17, 15) is 46.6 Å². The van der Waals surface area contributed by atoms with Crippen LogP contribution in [0, 0.1) is 23.3 Å². The van der Waals surface area contributed by atoms with Gasteiger partial charge in [-0.15, -0.1) is 0 Å². The standard InChI is InChI=1S/C27H21ClF4N4O7/c28-13-8-12(3-4-16(13)33)24(40)34-17-2-1-7-36(25(17)41)27(5-6-27)26(42)35-18(10-20(38)39)19(37)11-43-23-21(31)14(29)9-15(30)22(23)32/h1-4,7-9,18H,5-6,10-11,33H2,(H,34,40)(H,35,42)(H,38,39). The van der Waals surface area contributed by atoms with Gasteiger partial charge in [0.25, 0.3) is 11.5 Å². The average molecular weight is 625 g/mol. The van der Waals surface area contributed by atoms with Gasteiger partial charge in [-0.25, -0.2) is 8.78 Å². The molecule has 0 saturated heterocycles. The van der Waals surface area contributed by atoms with Crippen molar-refractivity contribution >= 4 is 46.5 Å². The summed E-state index contributed by atoms with van der Waals surface area (Å²) >= 11 is 5.95. The second kappa shape index (κ2) is 12.1. The molecule has 0 bridgehead atoms. The molecular weight excluding hydrogens is 604 g/mol. The number of hydrogen-bond acceptors (Lipinski definition) is 7. The molecule has 0 aliphatic heterocycles. The van der Waals surface area contributed by atoms with Gasteiger partial charge in [-0.1, -0.05) is 11.6 Å². The lowest BCUT2D eigenvalue weighted by atomic mass is 10.1. The number of amides is 2. The number of Topliss-reactive ketones (excluding diaryl/α,β-unsaturated/α-hetero) is 1. The van der Waals surface area contributed by atoms with Crippen LogP contribution in [0.5, 0.6) is 5.75 Å². The number of carboxylic acid groups (broad SMARTS) is 1. The van der Waals surface area contributed by atoms with E-state index < -0.39 is 82.8 Å². The zero-order chi connectivity index (χ0) is 31.6. The molecule has 0 spiro atoms. The summed E-state index contributed by atoms with van der Waals surface area (Å²) in [6, 6.07) is 4.83. The smallest absolute Gasteiger partial charge is 0.305 e. The fourth-order valence-corrected chi connectivity index (χ4v) is 4.30. The Bertz CT molecular complexity index is 1680. The molecule has 1 aliphatic rings. The number of nitrogen functional groups attached to an aromatic ring is 1. The number of aromatic nitrogens is 1. The third-order valence-electron chi connectivity index (χ3n) is 6.57. The molecule has 1 aromatic heterocycles. The van der Waals surface area contributed by atoms with Crippen LogP contribution in [0.2, 0.25) is 5.02 Å². The molecule has 1 heterocycles. The first-order chi connectivity index (χ1) is 20.2. The number of pyridine rings is 1. The number of nitrogens with zero attached hydrogens (tertiary/aromatic N) is 1. The summed E-state index contributed by atoms with van der Waals surface area (Å²) in [7, 11) is 0. The summed E-state index contributed by atoms with van der Waals surface area (Å²) in [6.45, 7) is -1.27. The average Bonchev–Trinajstić information content (AvgIpc) is 3.76. The summed E-state index contributed by atoms with van der Waals surface area (Å²) < 4.78 is 60.3. The first-order valence-corrected chi connectivity index (χ1v) is 12.7. The van der Waals surface area contributed by atoms with E-state index in [4.69, 9.17) is 17.3 Å². The van der Waals surface area contributed by atoms with E-state index in [0.717, 1.165) is 4.57 Å². The van der Waals surface area contributed by atoms with Gasteiger partial charge in [-0.2, -0.15) is 8.78 Å². The molecule has 2 aromatic carbocycles. The van der Waals surface area contributed by atoms with E-state index in [1.54, 1.807) is 0 Å². The van der Waals surface area contributed by atoms with Crippen molar-refractivity contribution in [2.24, 2.45) is 0 Å². The van der Waals surface area contributed by atoms with Gasteiger partial charge in [0.15, 0.2) is 23.2 Å². The van der Waals surface area contributed by atoms with Crippen molar-refractivity contribution in [2.45, 2.75) is 30.8 Å². The monoisotopic (exact) mass is 624 g/mol. The zero-order valence-corrected chi connectivity index (χ0v) is 22.5. The van der Waals surface area contributed by atoms with E-state index in [2.05, 4.69) is 15.4 Å². The first-order valence-electron chi connectivity index (χ1n) is 12.3. The molecule has 5 N–H and O–H groups in total. The number of nitrogens with two attached hydrogens (primary N) is 1. The minimum absolute atomic E-state index is 0.0716. The predicted molar refractivity (Wildman–Crippen MR) is 143 cm³/mol. The Morgan fingerprint density at radius 1 is 1.07 bits per heavy atom. The van der Waals surface area contributed by atoms with Crippen molar-refractivity contribution < 1.29 is 46.6 Å². The molecule has 226 valence electrons. The number of carbonyl (C=O) groups excluding carboxylic acids is 3. The quantitative estimate of drug-likeness (QED) is 0.143. The van der Waals surface area contributed by atoms with E-state index in [1.165, 1.54) is 36.5 Å². The summed E-state index contributed by atoms with van der Waals surface area (Å²) in [5.74, 6) is -13.4. The number of ether oxygens (including phenoxy) is 1. The zero-order valence-electron chi connectivity index (χ0n) is 21.8. The third kappa shape index (κ3) is 6.45. The molecular formula is C27H21ClF4N4O7.